The van der Waals surface area contributed by atoms with E-state index in [1.54, 1.807) is 13.0 Å². The van der Waals surface area contributed by atoms with Gasteiger partial charge in [0.25, 0.3) is 5.91 Å². The number of rotatable bonds is 8. The van der Waals surface area contributed by atoms with Gasteiger partial charge in [0.1, 0.15) is 5.76 Å². The first-order valence-electron chi connectivity index (χ1n) is 8.35. The van der Waals surface area contributed by atoms with Crippen molar-refractivity contribution in [3.05, 3.63) is 59.0 Å². The molecule has 2 aromatic rings. The molecule has 1 aromatic carbocycles. The Morgan fingerprint density at radius 1 is 1.16 bits per heavy atom. The average Bonchev–Trinajstić information content (AvgIpc) is 3.04. The van der Waals surface area contributed by atoms with Crippen molar-refractivity contribution in [3.63, 3.8) is 0 Å². The summed E-state index contributed by atoms with van der Waals surface area (Å²) in [7, 11) is 2.07. The monoisotopic (exact) mass is 343 g/mol. The number of amides is 2. The lowest BCUT2D eigenvalue weighted by molar-refractivity contribution is -0.120. The second-order valence-corrected chi connectivity index (χ2v) is 6.00. The van der Waals surface area contributed by atoms with E-state index in [0.717, 1.165) is 18.7 Å². The van der Waals surface area contributed by atoms with Crippen molar-refractivity contribution >= 4 is 11.8 Å². The molecule has 6 heteroatoms. The van der Waals surface area contributed by atoms with E-state index in [4.69, 9.17) is 4.42 Å². The predicted molar refractivity (Wildman–Crippen MR) is 96.1 cm³/mol. The highest BCUT2D eigenvalue weighted by atomic mass is 16.3. The molecule has 1 aromatic heterocycles. The topological polar surface area (TPSA) is 74.6 Å². The van der Waals surface area contributed by atoms with Crippen molar-refractivity contribution in [2.45, 2.75) is 26.9 Å². The second kappa shape index (κ2) is 9.03. The Morgan fingerprint density at radius 2 is 1.92 bits per heavy atom. The molecular weight excluding hydrogens is 318 g/mol. The Labute approximate surface area is 148 Å². The highest BCUT2D eigenvalue weighted by Crippen LogP contribution is 2.08. The fourth-order valence-electron chi connectivity index (χ4n) is 2.40. The van der Waals surface area contributed by atoms with Crippen LogP contribution in [0.3, 0.4) is 0 Å². The van der Waals surface area contributed by atoms with E-state index in [1.165, 1.54) is 11.8 Å². The zero-order valence-electron chi connectivity index (χ0n) is 15.0. The van der Waals surface area contributed by atoms with Crippen LogP contribution in [0.4, 0.5) is 0 Å². The van der Waals surface area contributed by atoms with Gasteiger partial charge in [0.05, 0.1) is 18.4 Å². The van der Waals surface area contributed by atoms with E-state index < -0.39 is 0 Å². The first kappa shape index (κ1) is 18.7. The third kappa shape index (κ3) is 5.76. The van der Waals surface area contributed by atoms with Gasteiger partial charge in [0.15, 0.2) is 0 Å². The van der Waals surface area contributed by atoms with Crippen LogP contribution in [0.15, 0.2) is 41.0 Å². The van der Waals surface area contributed by atoms with Crippen molar-refractivity contribution in [3.8, 4) is 0 Å². The molecule has 0 aliphatic heterocycles. The van der Waals surface area contributed by atoms with Gasteiger partial charge in [-0.2, -0.15) is 0 Å². The maximum atomic E-state index is 11.9. The summed E-state index contributed by atoms with van der Waals surface area (Å²) < 4.78 is 5.08. The number of nitrogens with one attached hydrogen (secondary N) is 2. The Kier molecular flexibility index (Phi) is 6.77. The van der Waals surface area contributed by atoms with Gasteiger partial charge >= 0.3 is 0 Å². The minimum Gasteiger partial charge on any atom is -0.469 e. The summed E-state index contributed by atoms with van der Waals surface area (Å²) in [5.41, 5.74) is 2.69. The molecule has 2 rings (SSSR count). The van der Waals surface area contributed by atoms with E-state index in [0.29, 0.717) is 17.9 Å². The van der Waals surface area contributed by atoms with Crippen LogP contribution in [0.25, 0.3) is 0 Å². The average molecular weight is 343 g/mol. The summed E-state index contributed by atoms with van der Waals surface area (Å²) in [5.74, 6) is -0.0108. The van der Waals surface area contributed by atoms with Crippen LogP contribution in [0, 0.1) is 6.92 Å². The van der Waals surface area contributed by atoms with Gasteiger partial charge in [0, 0.05) is 13.1 Å². The van der Waals surface area contributed by atoms with E-state index in [1.807, 2.05) is 12.1 Å². The normalized spacial score (nSPS) is 10.7. The minimum atomic E-state index is -0.314. The molecule has 0 unspecified atom stereocenters. The van der Waals surface area contributed by atoms with Crippen LogP contribution >= 0.6 is 0 Å². The number of benzene rings is 1. The lowest BCUT2D eigenvalue weighted by Gasteiger charge is -2.14. The molecule has 0 aliphatic carbocycles. The zero-order chi connectivity index (χ0) is 18.2. The van der Waals surface area contributed by atoms with Crippen LogP contribution in [0.5, 0.6) is 0 Å². The Balaban J connectivity index is 1.79. The Bertz CT molecular complexity index is 724. The number of carbonyl (C=O) groups is 2. The largest absolute Gasteiger partial charge is 0.469 e. The minimum absolute atomic E-state index is 0.0677. The van der Waals surface area contributed by atoms with Crippen molar-refractivity contribution in [1.82, 2.24) is 15.5 Å². The first-order valence-corrected chi connectivity index (χ1v) is 8.35. The van der Waals surface area contributed by atoms with Crippen LogP contribution in [0.2, 0.25) is 0 Å². The van der Waals surface area contributed by atoms with Crippen molar-refractivity contribution in [1.29, 1.82) is 0 Å². The lowest BCUT2D eigenvalue weighted by Crippen LogP contribution is -2.36. The Morgan fingerprint density at radius 3 is 2.60 bits per heavy atom. The molecule has 0 bridgehead atoms. The van der Waals surface area contributed by atoms with Gasteiger partial charge in [-0.3, -0.25) is 9.59 Å². The van der Waals surface area contributed by atoms with Crippen molar-refractivity contribution in [2.75, 3.05) is 20.1 Å². The number of aryl methyl sites for hydroxylation is 1. The van der Waals surface area contributed by atoms with Crippen molar-refractivity contribution in [2.24, 2.45) is 0 Å². The van der Waals surface area contributed by atoms with Crippen LogP contribution in [0.1, 0.15) is 34.2 Å². The molecule has 0 aliphatic rings. The second-order valence-electron chi connectivity index (χ2n) is 6.00. The number of nitrogens with zero attached hydrogens (tertiary/aromatic N) is 1. The molecule has 2 amide bonds. The SMILES string of the molecule is CCN(C)Cc1cccc(CNC(=O)CNC(=O)c2ccoc2C)c1. The zero-order valence-corrected chi connectivity index (χ0v) is 15.0. The van der Waals surface area contributed by atoms with E-state index in [2.05, 4.69) is 41.6 Å². The van der Waals surface area contributed by atoms with Gasteiger partial charge in [0.2, 0.25) is 5.91 Å². The van der Waals surface area contributed by atoms with Gasteiger partial charge in [-0.15, -0.1) is 0 Å². The summed E-state index contributed by atoms with van der Waals surface area (Å²) >= 11 is 0. The Hall–Kier alpha value is -2.60. The number of hydrogen-bond acceptors (Lipinski definition) is 4. The molecule has 0 fully saturated rings. The number of carbonyl (C=O) groups excluding carboxylic acids is 2. The summed E-state index contributed by atoms with van der Waals surface area (Å²) in [6.45, 7) is 6.04. The summed E-state index contributed by atoms with van der Waals surface area (Å²) in [4.78, 5) is 26.1. The van der Waals surface area contributed by atoms with Gasteiger partial charge in [-0.05, 0) is 37.7 Å². The van der Waals surface area contributed by atoms with Gasteiger partial charge in [-0.1, -0.05) is 31.2 Å². The predicted octanol–water partition coefficient (Wildman–Crippen LogP) is 2.09. The highest BCUT2D eigenvalue weighted by molar-refractivity contribution is 5.97. The standard InChI is InChI=1S/C19H25N3O3/c1-4-22(3)13-16-7-5-6-15(10-16)11-20-18(23)12-21-19(24)17-8-9-25-14(17)2/h5-10H,4,11-13H2,1-3H3,(H,20,23)(H,21,24). The molecular formula is C19H25N3O3. The maximum Gasteiger partial charge on any atom is 0.255 e. The van der Waals surface area contributed by atoms with E-state index >= 15 is 0 Å². The molecule has 2 N–H and O–H groups in total. The van der Waals surface area contributed by atoms with E-state index in [-0.39, 0.29) is 18.4 Å². The van der Waals surface area contributed by atoms with Gasteiger partial charge in [-0.25, -0.2) is 0 Å². The molecule has 0 spiro atoms. The molecule has 0 atom stereocenters. The molecule has 134 valence electrons. The summed E-state index contributed by atoms with van der Waals surface area (Å²) in [6, 6.07) is 9.71. The summed E-state index contributed by atoms with van der Waals surface area (Å²) in [5, 5.41) is 5.41. The summed E-state index contributed by atoms with van der Waals surface area (Å²) in [6.07, 6.45) is 1.45. The van der Waals surface area contributed by atoms with Crippen LogP contribution < -0.4 is 10.6 Å². The highest BCUT2D eigenvalue weighted by Gasteiger charge is 2.12. The quantitative estimate of drug-likeness (QED) is 0.770. The fraction of sp³-hybridized carbons (Fsp3) is 0.368. The van der Waals surface area contributed by atoms with Crippen molar-refractivity contribution < 1.29 is 14.0 Å². The molecule has 0 saturated carbocycles. The maximum absolute atomic E-state index is 11.9. The van der Waals surface area contributed by atoms with Crippen LogP contribution in [-0.4, -0.2) is 36.9 Å². The molecule has 0 saturated heterocycles. The van der Waals surface area contributed by atoms with E-state index in [9.17, 15) is 9.59 Å². The molecule has 6 nitrogen and oxygen atoms in total. The molecule has 0 radical (unpaired) electrons. The number of furan rings is 1. The third-order valence-corrected chi connectivity index (χ3v) is 3.99. The lowest BCUT2D eigenvalue weighted by atomic mass is 10.1. The first-order chi connectivity index (χ1) is 12.0. The fourth-order valence-corrected chi connectivity index (χ4v) is 2.40. The molecule has 1 heterocycles. The number of hydrogen-bond donors (Lipinski definition) is 2. The molecule has 25 heavy (non-hydrogen) atoms. The van der Waals surface area contributed by atoms with Gasteiger partial charge < -0.3 is 20.0 Å². The van der Waals surface area contributed by atoms with Crippen LogP contribution in [-0.2, 0) is 17.9 Å². The smallest absolute Gasteiger partial charge is 0.255 e. The third-order valence-electron chi connectivity index (χ3n) is 3.99.